The molecule has 1 aromatic carbocycles. The number of carbonyl (C=O) groups is 1. The van der Waals surface area contributed by atoms with Gasteiger partial charge in [0, 0.05) is 37.6 Å². The first kappa shape index (κ1) is 17.7. The fourth-order valence-corrected chi connectivity index (χ4v) is 3.05. The molecule has 1 N–H and O–H groups in total. The third kappa shape index (κ3) is 4.49. The molecule has 5 nitrogen and oxygen atoms in total. The molecule has 0 bridgehead atoms. The summed E-state index contributed by atoms with van der Waals surface area (Å²) in [7, 11) is 0. The molecule has 1 saturated heterocycles. The summed E-state index contributed by atoms with van der Waals surface area (Å²) in [4.78, 5) is 18.1. The third-order valence-electron chi connectivity index (χ3n) is 4.42. The molecule has 0 aliphatic carbocycles. The summed E-state index contributed by atoms with van der Waals surface area (Å²) in [6.07, 6.45) is -1.11. The van der Waals surface area contributed by atoms with Gasteiger partial charge in [0.25, 0.3) is 6.43 Å². The summed E-state index contributed by atoms with van der Waals surface area (Å²) in [5.41, 5.74) is 1.76. The van der Waals surface area contributed by atoms with Gasteiger partial charge in [-0.05, 0) is 17.7 Å². The van der Waals surface area contributed by atoms with E-state index >= 15 is 0 Å². The Bertz CT molecular complexity index is 715. The molecular formula is C18H21F2N3O2. The summed E-state index contributed by atoms with van der Waals surface area (Å²) in [5.74, 6) is -0.377. The van der Waals surface area contributed by atoms with Gasteiger partial charge >= 0.3 is 0 Å². The van der Waals surface area contributed by atoms with Gasteiger partial charge in [0.2, 0.25) is 5.91 Å². The number of hydrogen-bond acceptors (Lipinski definition) is 4. The highest BCUT2D eigenvalue weighted by molar-refractivity contribution is 5.83. The van der Waals surface area contributed by atoms with E-state index in [0.717, 1.165) is 16.5 Å². The summed E-state index contributed by atoms with van der Waals surface area (Å²) in [6, 6.07) is 8.38. The number of rotatable bonds is 6. The van der Waals surface area contributed by atoms with Crippen molar-refractivity contribution in [2.24, 2.45) is 0 Å². The van der Waals surface area contributed by atoms with Crippen LogP contribution in [0.5, 0.6) is 0 Å². The van der Waals surface area contributed by atoms with Crippen LogP contribution in [-0.2, 0) is 16.1 Å². The van der Waals surface area contributed by atoms with Gasteiger partial charge in [-0.25, -0.2) is 8.78 Å². The van der Waals surface area contributed by atoms with Crippen molar-refractivity contribution >= 4 is 16.8 Å². The molecule has 0 saturated carbocycles. The number of nitrogens with one attached hydrogen (secondary N) is 1. The smallest absolute Gasteiger partial charge is 0.254 e. The molecule has 0 spiro atoms. The quantitative estimate of drug-likeness (QED) is 0.869. The van der Waals surface area contributed by atoms with Crippen LogP contribution < -0.4 is 5.32 Å². The SMILES string of the molecule is O=C(C[C@@H](C(F)F)N1CCOCC1)NCc1ccnc2ccccc12. The van der Waals surface area contributed by atoms with Crippen molar-refractivity contribution in [1.29, 1.82) is 0 Å². The van der Waals surface area contributed by atoms with Crippen LogP contribution in [0, 0.1) is 0 Å². The molecule has 1 amide bonds. The maximum atomic E-state index is 13.3. The third-order valence-corrected chi connectivity index (χ3v) is 4.42. The van der Waals surface area contributed by atoms with E-state index in [9.17, 15) is 13.6 Å². The first-order valence-electron chi connectivity index (χ1n) is 8.34. The van der Waals surface area contributed by atoms with Crippen molar-refractivity contribution in [3.05, 3.63) is 42.1 Å². The number of para-hydroxylation sites is 1. The van der Waals surface area contributed by atoms with Gasteiger partial charge in [-0.3, -0.25) is 14.7 Å². The number of morpholine rings is 1. The number of fused-ring (bicyclic) bond motifs is 1. The number of carbonyl (C=O) groups excluding carboxylic acids is 1. The first-order chi connectivity index (χ1) is 12.1. The Kier molecular flexibility index (Phi) is 5.88. The van der Waals surface area contributed by atoms with Crippen molar-refractivity contribution in [3.63, 3.8) is 0 Å². The largest absolute Gasteiger partial charge is 0.379 e. The number of aromatic nitrogens is 1. The predicted octanol–water partition coefficient (Wildman–Crippen LogP) is 2.21. The molecule has 25 heavy (non-hydrogen) atoms. The van der Waals surface area contributed by atoms with Crippen molar-refractivity contribution in [1.82, 2.24) is 15.2 Å². The van der Waals surface area contributed by atoms with Gasteiger partial charge in [0.05, 0.1) is 24.8 Å². The van der Waals surface area contributed by atoms with Crippen molar-refractivity contribution < 1.29 is 18.3 Å². The van der Waals surface area contributed by atoms with E-state index in [4.69, 9.17) is 4.74 Å². The second kappa shape index (κ2) is 8.31. The lowest BCUT2D eigenvalue weighted by atomic mass is 10.1. The highest BCUT2D eigenvalue weighted by Gasteiger charge is 2.30. The normalized spacial score (nSPS) is 16.9. The van der Waals surface area contributed by atoms with E-state index in [1.807, 2.05) is 30.3 Å². The van der Waals surface area contributed by atoms with Crippen LogP contribution in [0.3, 0.4) is 0 Å². The zero-order valence-electron chi connectivity index (χ0n) is 13.8. The lowest BCUT2D eigenvalue weighted by Crippen LogP contribution is -2.48. The van der Waals surface area contributed by atoms with Gasteiger partial charge in [-0.2, -0.15) is 0 Å². The van der Waals surface area contributed by atoms with Crippen LogP contribution in [0.1, 0.15) is 12.0 Å². The molecule has 0 unspecified atom stereocenters. The minimum atomic E-state index is -2.56. The molecule has 2 aromatic rings. The minimum absolute atomic E-state index is 0.222. The van der Waals surface area contributed by atoms with Gasteiger partial charge < -0.3 is 10.1 Å². The van der Waals surface area contributed by atoms with Crippen molar-refractivity contribution in [2.45, 2.75) is 25.4 Å². The van der Waals surface area contributed by atoms with Crippen molar-refractivity contribution in [2.75, 3.05) is 26.3 Å². The number of alkyl halides is 2. The van der Waals surface area contributed by atoms with Crippen LogP contribution in [0.4, 0.5) is 8.78 Å². The van der Waals surface area contributed by atoms with Crippen LogP contribution in [0.2, 0.25) is 0 Å². The average Bonchev–Trinajstić information content (AvgIpc) is 2.65. The Morgan fingerprint density at radius 1 is 1.24 bits per heavy atom. The highest BCUT2D eigenvalue weighted by atomic mass is 19.3. The van der Waals surface area contributed by atoms with E-state index in [1.54, 1.807) is 11.1 Å². The monoisotopic (exact) mass is 349 g/mol. The molecule has 0 radical (unpaired) electrons. The Labute approximate surface area is 145 Å². The van der Waals surface area contributed by atoms with Crippen molar-refractivity contribution in [3.8, 4) is 0 Å². The predicted molar refractivity (Wildman–Crippen MR) is 90.4 cm³/mol. The first-order valence-corrected chi connectivity index (χ1v) is 8.34. The molecule has 1 aliphatic rings. The van der Waals surface area contributed by atoms with E-state index in [2.05, 4.69) is 10.3 Å². The lowest BCUT2D eigenvalue weighted by Gasteiger charge is -2.33. The van der Waals surface area contributed by atoms with E-state index in [0.29, 0.717) is 32.8 Å². The summed E-state index contributed by atoms with van der Waals surface area (Å²) < 4.78 is 31.9. The van der Waals surface area contributed by atoms with E-state index in [-0.39, 0.29) is 12.3 Å². The summed E-state index contributed by atoms with van der Waals surface area (Å²) >= 11 is 0. The van der Waals surface area contributed by atoms with E-state index in [1.165, 1.54) is 0 Å². The fraction of sp³-hybridized carbons (Fsp3) is 0.444. The molecular weight excluding hydrogens is 328 g/mol. The zero-order chi connectivity index (χ0) is 17.6. The Balaban J connectivity index is 1.61. The second-order valence-electron chi connectivity index (χ2n) is 6.02. The van der Waals surface area contributed by atoms with E-state index < -0.39 is 12.5 Å². The highest BCUT2D eigenvalue weighted by Crippen LogP contribution is 2.17. The second-order valence-corrected chi connectivity index (χ2v) is 6.02. The number of hydrogen-bond donors (Lipinski definition) is 1. The topological polar surface area (TPSA) is 54.5 Å². The lowest BCUT2D eigenvalue weighted by molar-refractivity contribution is -0.125. The van der Waals surface area contributed by atoms with Crippen LogP contribution in [0.15, 0.2) is 36.5 Å². The summed E-state index contributed by atoms with van der Waals surface area (Å²) in [6.45, 7) is 2.00. The Hall–Kier alpha value is -2.12. The fourth-order valence-electron chi connectivity index (χ4n) is 3.05. The maximum absolute atomic E-state index is 13.3. The number of pyridine rings is 1. The van der Waals surface area contributed by atoms with Crippen LogP contribution in [0.25, 0.3) is 10.9 Å². The van der Waals surface area contributed by atoms with Gasteiger partial charge in [0.1, 0.15) is 0 Å². The molecule has 1 aliphatic heterocycles. The number of nitrogens with zero attached hydrogens (tertiary/aromatic N) is 2. The van der Waals surface area contributed by atoms with Crippen LogP contribution >= 0.6 is 0 Å². The standard InChI is InChI=1S/C18H21F2N3O2/c19-18(20)16(23-7-9-25-10-8-23)11-17(24)22-12-13-5-6-21-15-4-2-1-3-14(13)15/h1-6,16,18H,7-12H2,(H,22,24)/t16-/m0/s1. The Morgan fingerprint density at radius 3 is 2.76 bits per heavy atom. The molecule has 1 fully saturated rings. The van der Waals surface area contributed by atoms with Gasteiger partial charge in [-0.1, -0.05) is 18.2 Å². The average molecular weight is 349 g/mol. The zero-order valence-corrected chi connectivity index (χ0v) is 13.8. The molecule has 7 heteroatoms. The Morgan fingerprint density at radius 2 is 2.00 bits per heavy atom. The van der Waals surface area contributed by atoms with Gasteiger partial charge in [0.15, 0.2) is 0 Å². The minimum Gasteiger partial charge on any atom is -0.379 e. The summed E-state index contributed by atoms with van der Waals surface area (Å²) in [5, 5.41) is 3.71. The molecule has 134 valence electrons. The maximum Gasteiger partial charge on any atom is 0.254 e. The number of halogens is 2. The molecule has 2 heterocycles. The molecule has 3 rings (SSSR count). The number of amides is 1. The number of ether oxygens (including phenoxy) is 1. The molecule has 1 aromatic heterocycles. The molecule has 1 atom stereocenters. The van der Waals surface area contributed by atoms with Crippen LogP contribution in [-0.4, -0.2) is 54.6 Å². The number of benzene rings is 1. The van der Waals surface area contributed by atoms with Gasteiger partial charge in [-0.15, -0.1) is 0 Å².